The van der Waals surface area contributed by atoms with Gasteiger partial charge in [-0.05, 0) is 50.6 Å². The highest BCUT2D eigenvalue weighted by molar-refractivity contribution is 7.85. The van der Waals surface area contributed by atoms with Gasteiger partial charge in [0.25, 0.3) is 10.1 Å². The summed E-state index contributed by atoms with van der Waals surface area (Å²) in [6.45, 7) is 3.64. The Morgan fingerprint density at radius 1 is 1.07 bits per heavy atom. The first-order chi connectivity index (χ1) is 13.3. The molecule has 2 aromatic carbocycles. The van der Waals surface area contributed by atoms with Crippen LogP contribution in [0, 0.1) is 6.92 Å². The molecule has 28 heavy (non-hydrogen) atoms. The second kappa shape index (κ2) is 9.68. The lowest BCUT2D eigenvalue weighted by Crippen LogP contribution is -2.52. The molecule has 3 N–H and O–H groups in total. The minimum absolute atomic E-state index is 0.0666. The van der Waals surface area contributed by atoms with Crippen molar-refractivity contribution in [2.45, 2.75) is 30.2 Å². The van der Waals surface area contributed by atoms with E-state index in [9.17, 15) is 13.2 Å². The summed E-state index contributed by atoms with van der Waals surface area (Å²) in [5.74, 6) is 0. The van der Waals surface area contributed by atoms with Gasteiger partial charge >= 0.3 is 6.09 Å². The first-order valence-electron chi connectivity index (χ1n) is 8.93. The van der Waals surface area contributed by atoms with Gasteiger partial charge in [0.15, 0.2) is 0 Å². The zero-order valence-electron chi connectivity index (χ0n) is 16.0. The lowest BCUT2D eigenvalue weighted by molar-refractivity contribution is 0.145. The lowest BCUT2D eigenvalue weighted by atomic mass is 9.81. The van der Waals surface area contributed by atoms with Crippen molar-refractivity contribution in [3.8, 4) is 0 Å². The molecule has 1 aliphatic rings. The number of carbonyl (C=O) groups excluding carboxylic acids is 1. The molecule has 1 aliphatic heterocycles. The van der Waals surface area contributed by atoms with Crippen LogP contribution in [0.15, 0.2) is 59.5 Å². The molecule has 1 saturated heterocycles. The molecule has 8 heteroatoms. The molecule has 1 heterocycles. The highest BCUT2D eigenvalue weighted by Gasteiger charge is 2.35. The van der Waals surface area contributed by atoms with Crippen LogP contribution in [-0.2, 0) is 20.4 Å². The molecule has 1 amide bonds. The molecule has 152 valence electrons. The van der Waals surface area contributed by atoms with Gasteiger partial charge in [-0.2, -0.15) is 8.42 Å². The van der Waals surface area contributed by atoms with Crippen molar-refractivity contribution in [3.05, 3.63) is 65.7 Å². The summed E-state index contributed by atoms with van der Waals surface area (Å²) in [7, 11) is -2.62. The van der Waals surface area contributed by atoms with E-state index in [-0.39, 0.29) is 16.5 Å². The molecular formula is C20H26N2O5S. The Morgan fingerprint density at radius 3 is 2.14 bits per heavy atom. The maximum Gasteiger partial charge on any atom is 0.407 e. The van der Waals surface area contributed by atoms with Gasteiger partial charge in [0, 0.05) is 0 Å². The predicted molar refractivity (Wildman–Crippen MR) is 107 cm³/mol. The van der Waals surface area contributed by atoms with Gasteiger partial charge < -0.3 is 15.4 Å². The summed E-state index contributed by atoms with van der Waals surface area (Å²) in [5.41, 5.74) is 1.81. The number of rotatable bonds is 3. The maximum absolute atomic E-state index is 11.5. The van der Waals surface area contributed by atoms with E-state index in [0.29, 0.717) is 0 Å². The van der Waals surface area contributed by atoms with Crippen molar-refractivity contribution in [1.82, 2.24) is 10.6 Å². The summed E-state index contributed by atoms with van der Waals surface area (Å²) in [5, 5.41) is 6.31. The molecule has 0 aliphatic carbocycles. The number of methoxy groups -OCH3 is 1. The predicted octanol–water partition coefficient (Wildman–Crippen LogP) is 2.86. The Kier molecular flexibility index (Phi) is 7.56. The summed E-state index contributed by atoms with van der Waals surface area (Å²) in [6, 6.07) is 16.1. The first-order valence-corrected chi connectivity index (χ1v) is 10.4. The fourth-order valence-corrected chi connectivity index (χ4v) is 3.53. The average Bonchev–Trinajstić information content (AvgIpc) is 2.69. The van der Waals surface area contributed by atoms with Crippen LogP contribution in [-0.4, -0.2) is 39.3 Å². The van der Waals surface area contributed by atoms with Crippen molar-refractivity contribution >= 4 is 16.2 Å². The van der Waals surface area contributed by atoms with Gasteiger partial charge in [0.05, 0.1) is 17.5 Å². The number of benzene rings is 2. The van der Waals surface area contributed by atoms with Crippen LogP contribution in [0.4, 0.5) is 4.79 Å². The van der Waals surface area contributed by atoms with Crippen LogP contribution in [0.1, 0.15) is 24.0 Å². The minimum Gasteiger partial charge on any atom is -0.453 e. The molecule has 0 radical (unpaired) electrons. The summed E-state index contributed by atoms with van der Waals surface area (Å²) in [4.78, 5) is 11.4. The van der Waals surface area contributed by atoms with Gasteiger partial charge in [-0.3, -0.25) is 4.55 Å². The summed E-state index contributed by atoms with van der Waals surface area (Å²) in [6.07, 6.45) is 1.40. The van der Waals surface area contributed by atoms with E-state index in [1.807, 2.05) is 25.1 Å². The summed E-state index contributed by atoms with van der Waals surface area (Å²) < 4.78 is 34.3. The fourth-order valence-electron chi connectivity index (χ4n) is 3.05. The Balaban J connectivity index is 0.000000221. The molecule has 3 rings (SSSR count). The van der Waals surface area contributed by atoms with Crippen LogP contribution >= 0.6 is 0 Å². The van der Waals surface area contributed by atoms with E-state index in [4.69, 9.17) is 9.29 Å². The van der Waals surface area contributed by atoms with Crippen molar-refractivity contribution in [1.29, 1.82) is 0 Å². The van der Waals surface area contributed by atoms with Crippen LogP contribution < -0.4 is 10.6 Å². The number of alkyl carbamates (subject to hydrolysis) is 1. The van der Waals surface area contributed by atoms with Crippen LogP contribution in [0.25, 0.3) is 0 Å². The number of nitrogens with one attached hydrogen (secondary N) is 2. The molecule has 7 nitrogen and oxygen atoms in total. The molecule has 0 bridgehead atoms. The van der Waals surface area contributed by atoms with Gasteiger partial charge in [0.1, 0.15) is 0 Å². The monoisotopic (exact) mass is 406 g/mol. The number of aryl methyl sites for hydroxylation is 1. The number of hydrogen-bond donors (Lipinski definition) is 3. The second-order valence-electron chi connectivity index (χ2n) is 6.60. The highest BCUT2D eigenvalue weighted by atomic mass is 32.2. The Bertz CT molecular complexity index is 861. The van der Waals surface area contributed by atoms with Gasteiger partial charge in [-0.25, -0.2) is 4.79 Å². The standard InChI is InChI=1S/C13H18N2O2.C7H8O3S/c1-17-12(16)15-13(7-9-14-10-8-13)11-5-3-2-4-6-11;1-6-2-4-7(5-3-6)11(8,9)10/h2-6,14H,7-10H2,1H3,(H,15,16);2-5H,1H3,(H,8,9,10). The topological polar surface area (TPSA) is 105 Å². The Hall–Kier alpha value is -2.42. The van der Waals surface area contributed by atoms with Crippen LogP contribution in [0.5, 0.6) is 0 Å². The maximum atomic E-state index is 11.5. The van der Waals surface area contributed by atoms with E-state index >= 15 is 0 Å². The number of ether oxygens (including phenoxy) is 1. The molecule has 0 spiro atoms. The second-order valence-corrected chi connectivity index (χ2v) is 8.02. The zero-order valence-corrected chi connectivity index (χ0v) is 16.8. The third-order valence-electron chi connectivity index (χ3n) is 4.63. The van der Waals surface area contributed by atoms with E-state index in [1.165, 1.54) is 19.2 Å². The van der Waals surface area contributed by atoms with E-state index in [2.05, 4.69) is 22.8 Å². The zero-order chi connectivity index (χ0) is 20.6. The Labute approximate surface area is 165 Å². The quantitative estimate of drug-likeness (QED) is 0.677. The molecule has 0 atom stereocenters. The van der Waals surface area contributed by atoms with E-state index in [1.54, 1.807) is 12.1 Å². The van der Waals surface area contributed by atoms with Gasteiger partial charge in [-0.1, -0.05) is 48.0 Å². The van der Waals surface area contributed by atoms with Crippen molar-refractivity contribution < 1.29 is 22.5 Å². The third-order valence-corrected chi connectivity index (χ3v) is 5.50. The molecular weight excluding hydrogens is 380 g/mol. The number of piperidine rings is 1. The van der Waals surface area contributed by atoms with Crippen molar-refractivity contribution in [2.24, 2.45) is 0 Å². The van der Waals surface area contributed by atoms with Gasteiger partial charge in [0.2, 0.25) is 0 Å². The van der Waals surface area contributed by atoms with Gasteiger partial charge in [-0.15, -0.1) is 0 Å². The normalized spacial score (nSPS) is 15.7. The Morgan fingerprint density at radius 2 is 1.64 bits per heavy atom. The fraction of sp³-hybridized carbons (Fsp3) is 0.350. The van der Waals surface area contributed by atoms with Crippen LogP contribution in [0.3, 0.4) is 0 Å². The lowest BCUT2D eigenvalue weighted by Gasteiger charge is -2.38. The molecule has 2 aromatic rings. The minimum atomic E-state index is -4.02. The SMILES string of the molecule is COC(=O)NC1(c2ccccc2)CCNCC1.Cc1ccc(S(=O)(=O)O)cc1. The van der Waals surface area contributed by atoms with E-state index in [0.717, 1.165) is 37.1 Å². The molecule has 0 saturated carbocycles. The largest absolute Gasteiger partial charge is 0.453 e. The molecule has 0 aromatic heterocycles. The third kappa shape index (κ3) is 6.05. The van der Waals surface area contributed by atoms with E-state index < -0.39 is 10.1 Å². The smallest absolute Gasteiger partial charge is 0.407 e. The van der Waals surface area contributed by atoms with Crippen molar-refractivity contribution in [2.75, 3.05) is 20.2 Å². The first kappa shape index (κ1) is 21.9. The summed E-state index contributed by atoms with van der Waals surface area (Å²) >= 11 is 0. The number of carbonyl (C=O) groups is 1. The number of hydrogen-bond acceptors (Lipinski definition) is 5. The van der Waals surface area contributed by atoms with Crippen molar-refractivity contribution in [3.63, 3.8) is 0 Å². The highest BCUT2D eigenvalue weighted by Crippen LogP contribution is 2.30. The number of amides is 1. The van der Waals surface area contributed by atoms with Crippen LogP contribution in [0.2, 0.25) is 0 Å². The molecule has 0 unspecified atom stereocenters. The molecule has 1 fully saturated rings. The average molecular weight is 407 g/mol.